The van der Waals surface area contributed by atoms with E-state index in [1.54, 1.807) is 0 Å². The van der Waals surface area contributed by atoms with Gasteiger partial charge in [0.25, 0.3) is 0 Å². The quantitative estimate of drug-likeness (QED) is 0.603. The normalized spacial score (nSPS) is 32.7. The molecule has 0 aromatic carbocycles. The summed E-state index contributed by atoms with van der Waals surface area (Å²) in [5.74, 6) is 0. The Labute approximate surface area is 67.9 Å². The van der Waals surface area contributed by atoms with Gasteiger partial charge in [0.15, 0.2) is 0 Å². The van der Waals surface area contributed by atoms with Crippen LogP contribution < -0.4 is 0 Å². The van der Waals surface area contributed by atoms with E-state index < -0.39 is 6.17 Å². The van der Waals surface area contributed by atoms with Gasteiger partial charge in [-0.05, 0) is 33.1 Å². The third-order valence-corrected chi connectivity index (χ3v) is 2.03. The predicted octanol–water partition coefficient (Wildman–Crippen LogP) is 2.69. The standard InChI is InChI=1S/C9H17FO/c1-7(2)11-9-5-3-4-8(10)6-9/h7-9H,3-6H2,1-2H3. The summed E-state index contributed by atoms with van der Waals surface area (Å²) < 4.78 is 18.3. The van der Waals surface area contributed by atoms with Crippen molar-refractivity contribution in [3.05, 3.63) is 0 Å². The van der Waals surface area contributed by atoms with Gasteiger partial charge in [0, 0.05) is 6.42 Å². The first-order chi connectivity index (χ1) is 5.18. The average Bonchev–Trinajstić information content (AvgIpc) is 1.85. The summed E-state index contributed by atoms with van der Waals surface area (Å²) in [7, 11) is 0. The van der Waals surface area contributed by atoms with Gasteiger partial charge >= 0.3 is 0 Å². The van der Waals surface area contributed by atoms with E-state index in [0.717, 1.165) is 19.3 Å². The van der Waals surface area contributed by atoms with Gasteiger partial charge < -0.3 is 4.74 Å². The summed E-state index contributed by atoms with van der Waals surface area (Å²) in [5.41, 5.74) is 0. The molecule has 66 valence electrons. The molecule has 0 aliphatic heterocycles. The highest BCUT2D eigenvalue weighted by Crippen LogP contribution is 2.23. The van der Waals surface area contributed by atoms with Gasteiger partial charge in [-0.3, -0.25) is 0 Å². The molecule has 0 saturated heterocycles. The van der Waals surface area contributed by atoms with E-state index in [4.69, 9.17) is 4.74 Å². The fraction of sp³-hybridized carbons (Fsp3) is 1.00. The lowest BCUT2D eigenvalue weighted by Gasteiger charge is -2.26. The van der Waals surface area contributed by atoms with E-state index in [9.17, 15) is 4.39 Å². The first-order valence-electron chi connectivity index (χ1n) is 4.48. The molecule has 1 rings (SSSR count). The first-order valence-corrected chi connectivity index (χ1v) is 4.48. The van der Waals surface area contributed by atoms with Crippen molar-refractivity contribution in [3.63, 3.8) is 0 Å². The molecule has 2 heteroatoms. The third kappa shape index (κ3) is 3.19. The summed E-state index contributed by atoms with van der Waals surface area (Å²) >= 11 is 0. The van der Waals surface area contributed by atoms with Crippen LogP contribution in [0.2, 0.25) is 0 Å². The van der Waals surface area contributed by atoms with E-state index in [2.05, 4.69) is 0 Å². The summed E-state index contributed by atoms with van der Waals surface area (Å²) in [5, 5.41) is 0. The second-order valence-corrected chi connectivity index (χ2v) is 3.57. The molecule has 0 radical (unpaired) electrons. The van der Waals surface area contributed by atoms with Crippen LogP contribution in [0.1, 0.15) is 39.5 Å². The number of halogens is 1. The van der Waals surface area contributed by atoms with Crippen LogP contribution in [0.15, 0.2) is 0 Å². The Morgan fingerprint density at radius 2 is 2.09 bits per heavy atom. The Balaban J connectivity index is 2.23. The molecule has 0 bridgehead atoms. The Hall–Kier alpha value is -0.110. The van der Waals surface area contributed by atoms with Crippen LogP contribution in [0.3, 0.4) is 0 Å². The number of alkyl halides is 1. The molecule has 1 aliphatic carbocycles. The van der Waals surface area contributed by atoms with E-state index in [1.807, 2.05) is 13.8 Å². The van der Waals surface area contributed by atoms with Crippen molar-refractivity contribution >= 4 is 0 Å². The molecule has 1 aliphatic rings. The molecule has 0 aromatic rings. The highest BCUT2D eigenvalue weighted by molar-refractivity contribution is 4.72. The molecule has 0 aromatic heterocycles. The highest BCUT2D eigenvalue weighted by atomic mass is 19.1. The largest absolute Gasteiger partial charge is 0.375 e. The zero-order valence-electron chi connectivity index (χ0n) is 7.35. The second kappa shape index (κ2) is 4.05. The smallest absolute Gasteiger partial charge is 0.103 e. The molecule has 1 saturated carbocycles. The fourth-order valence-corrected chi connectivity index (χ4v) is 1.60. The van der Waals surface area contributed by atoms with Crippen molar-refractivity contribution in [1.82, 2.24) is 0 Å². The summed E-state index contributed by atoms with van der Waals surface area (Å²) in [6.45, 7) is 4.00. The number of ether oxygens (including phenoxy) is 1. The molecule has 1 nitrogen and oxygen atoms in total. The van der Waals surface area contributed by atoms with Crippen molar-refractivity contribution in [2.45, 2.75) is 57.9 Å². The number of hydrogen-bond acceptors (Lipinski definition) is 1. The molecule has 0 spiro atoms. The van der Waals surface area contributed by atoms with Crippen LogP contribution >= 0.6 is 0 Å². The Kier molecular flexibility index (Phi) is 3.31. The molecule has 1 fully saturated rings. The van der Waals surface area contributed by atoms with E-state index >= 15 is 0 Å². The minimum absolute atomic E-state index is 0.179. The molecular formula is C9H17FO. The first kappa shape index (κ1) is 8.98. The van der Waals surface area contributed by atoms with Crippen molar-refractivity contribution in [2.75, 3.05) is 0 Å². The van der Waals surface area contributed by atoms with Gasteiger partial charge in [0.1, 0.15) is 6.17 Å². The van der Waals surface area contributed by atoms with Gasteiger partial charge in [-0.15, -0.1) is 0 Å². The molecular weight excluding hydrogens is 143 g/mol. The number of rotatable bonds is 2. The van der Waals surface area contributed by atoms with Crippen molar-refractivity contribution in [1.29, 1.82) is 0 Å². The SMILES string of the molecule is CC(C)OC1CCCC(F)C1. The van der Waals surface area contributed by atoms with E-state index in [-0.39, 0.29) is 12.2 Å². The molecule has 0 amide bonds. The maximum atomic E-state index is 12.8. The third-order valence-electron chi connectivity index (χ3n) is 2.03. The van der Waals surface area contributed by atoms with Gasteiger partial charge in [-0.1, -0.05) is 0 Å². The lowest BCUT2D eigenvalue weighted by Crippen LogP contribution is -2.26. The van der Waals surface area contributed by atoms with Gasteiger partial charge in [-0.2, -0.15) is 0 Å². The topological polar surface area (TPSA) is 9.23 Å². The second-order valence-electron chi connectivity index (χ2n) is 3.57. The molecule has 2 atom stereocenters. The van der Waals surface area contributed by atoms with Crippen LogP contribution in [0.25, 0.3) is 0 Å². The van der Waals surface area contributed by atoms with Gasteiger partial charge in [-0.25, -0.2) is 4.39 Å². The van der Waals surface area contributed by atoms with E-state index in [1.165, 1.54) is 0 Å². The van der Waals surface area contributed by atoms with Crippen LogP contribution in [-0.2, 0) is 4.74 Å². The van der Waals surface area contributed by atoms with Crippen molar-refractivity contribution < 1.29 is 9.13 Å². The van der Waals surface area contributed by atoms with Crippen LogP contribution in [0, 0.1) is 0 Å². The monoisotopic (exact) mass is 160 g/mol. The Morgan fingerprint density at radius 1 is 1.36 bits per heavy atom. The molecule has 2 unspecified atom stereocenters. The van der Waals surface area contributed by atoms with Crippen molar-refractivity contribution in [2.24, 2.45) is 0 Å². The maximum Gasteiger partial charge on any atom is 0.103 e. The van der Waals surface area contributed by atoms with Crippen LogP contribution in [0.5, 0.6) is 0 Å². The Morgan fingerprint density at radius 3 is 2.64 bits per heavy atom. The predicted molar refractivity (Wildman–Crippen MR) is 43.4 cm³/mol. The highest BCUT2D eigenvalue weighted by Gasteiger charge is 2.22. The zero-order chi connectivity index (χ0) is 8.27. The van der Waals surface area contributed by atoms with Crippen molar-refractivity contribution in [3.8, 4) is 0 Å². The average molecular weight is 160 g/mol. The lowest BCUT2D eigenvalue weighted by molar-refractivity contribution is -0.0282. The summed E-state index contributed by atoms with van der Waals surface area (Å²) in [4.78, 5) is 0. The summed E-state index contributed by atoms with van der Waals surface area (Å²) in [6, 6.07) is 0. The molecule has 0 N–H and O–H groups in total. The zero-order valence-corrected chi connectivity index (χ0v) is 7.35. The molecule has 0 heterocycles. The maximum absolute atomic E-state index is 12.8. The van der Waals surface area contributed by atoms with Crippen LogP contribution in [-0.4, -0.2) is 18.4 Å². The van der Waals surface area contributed by atoms with Crippen LogP contribution in [0.4, 0.5) is 4.39 Å². The minimum atomic E-state index is -0.618. The van der Waals surface area contributed by atoms with Gasteiger partial charge in [0.05, 0.1) is 12.2 Å². The van der Waals surface area contributed by atoms with E-state index in [0.29, 0.717) is 6.42 Å². The minimum Gasteiger partial charge on any atom is -0.375 e. The lowest BCUT2D eigenvalue weighted by atomic mass is 9.96. The summed E-state index contributed by atoms with van der Waals surface area (Å²) in [6.07, 6.45) is 3.17. The fourth-order valence-electron chi connectivity index (χ4n) is 1.60. The number of hydrogen-bond donors (Lipinski definition) is 0. The van der Waals surface area contributed by atoms with Gasteiger partial charge in [0.2, 0.25) is 0 Å². The Bertz CT molecular complexity index is 112. The molecule has 11 heavy (non-hydrogen) atoms.